The lowest BCUT2D eigenvalue weighted by Crippen LogP contribution is -2.20. The van der Waals surface area contributed by atoms with Crippen LogP contribution >= 0.6 is 0 Å². The van der Waals surface area contributed by atoms with Crippen molar-refractivity contribution in [3.63, 3.8) is 0 Å². The Kier molecular flexibility index (Phi) is 8.49. The molecule has 30 heavy (non-hydrogen) atoms. The average molecular weight is 406 g/mol. The lowest BCUT2D eigenvalue weighted by Gasteiger charge is -2.31. The summed E-state index contributed by atoms with van der Waals surface area (Å²) in [6, 6.07) is 13.0. The van der Waals surface area contributed by atoms with Gasteiger partial charge in [-0.2, -0.15) is 5.90 Å². The Morgan fingerprint density at radius 3 is 2.23 bits per heavy atom. The molecule has 0 radical (unpaired) electrons. The van der Waals surface area contributed by atoms with E-state index in [1.165, 1.54) is 33.4 Å². The van der Waals surface area contributed by atoms with E-state index in [0.717, 1.165) is 25.0 Å². The Bertz CT molecular complexity index is 885. The minimum atomic E-state index is 0.0495. The number of hydrogen-bond acceptors (Lipinski definition) is 2. The molecule has 0 fully saturated rings. The molecule has 162 valence electrons. The van der Waals surface area contributed by atoms with E-state index in [-0.39, 0.29) is 11.3 Å². The lowest BCUT2D eigenvalue weighted by atomic mass is 9.74. The molecular weight excluding hydrogens is 366 g/mol. The van der Waals surface area contributed by atoms with Crippen LogP contribution in [0.4, 0.5) is 0 Å². The average Bonchev–Trinajstić information content (AvgIpc) is 2.77. The van der Waals surface area contributed by atoms with Gasteiger partial charge in [0.2, 0.25) is 0 Å². The molecule has 0 saturated carbocycles. The summed E-state index contributed by atoms with van der Waals surface area (Å²) in [5.41, 5.74) is 7.67. The fourth-order valence-electron chi connectivity index (χ4n) is 4.38. The number of nitrogens with two attached hydrogens (primary N) is 1. The second-order valence-corrected chi connectivity index (χ2v) is 8.70. The fraction of sp³-hybridized carbons (Fsp3) is 0.429. The van der Waals surface area contributed by atoms with Gasteiger partial charge in [0.1, 0.15) is 0 Å². The second kappa shape index (κ2) is 10.6. The Hall–Kier alpha value is -2.32. The van der Waals surface area contributed by atoms with Crippen LogP contribution in [0.15, 0.2) is 60.2 Å². The topological polar surface area (TPSA) is 35.2 Å². The summed E-state index contributed by atoms with van der Waals surface area (Å²) >= 11 is 0. The Morgan fingerprint density at radius 2 is 1.73 bits per heavy atom. The first kappa shape index (κ1) is 24.0. The normalized spacial score (nSPS) is 14.5. The number of aryl methyl sites for hydroxylation is 1. The van der Waals surface area contributed by atoms with E-state index in [0.29, 0.717) is 0 Å². The van der Waals surface area contributed by atoms with E-state index in [4.69, 9.17) is 10.7 Å². The lowest BCUT2D eigenvalue weighted by molar-refractivity contribution is 0.326. The standard InChI is InChI=1S/C26H33NO.C2H6/c1-6-19-17-22(26(3,4)5)18(2)23(25(19)28-27)24(20-13-9-7-10-14-20)21-15-11-8-12-16-21;1-2/h7,9-11,13-17,24H,6,8,12,27H2,1-5H3;1-2H3. The summed E-state index contributed by atoms with van der Waals surface area (Å²) in [6.07, 6.45) is 9.99. The number of rotatable bonds is 5. The molecule has 3 rings (SSSR count). The maximum atomic E-state index is 5.86. The van der Waals surface area contributed by atoms with Crippen LogP contribution in [0.1, 0.15) is 88.1 Å². The van der Waals surface area contributed by atoms with Gasteiger partial charge in [-0.15, -0.1) is 0 Å². The smallest absolute Gasteiger partial charge is 0.154 e. The van der Waals surface area contributed by atoms with Crippen LogP contribution in [0.5, 0.6) is 5.75 Å². The first-order valence-electron chi connectivity index (χ1n) is 11.3. The minimum Gasteiger partial charge on any atom is -0.411 e. The van der Waals surface area contributed by atoms with E-state index < -0.39 is 0 Å². The first-order chi connectivity index (χ1) is 14.4. The summed E-state index contributed by atoms with van der Waals surface area (Å²) in [5, 5.41) is 0. The van der Waals surface area contributed by atoms with E-state index in [9.17, 15) is 0 Å². The highest BCUT2D eigenvalue weighted by molar-refractivity contribution is 5.60. The number of hydrogen-bond donors (Lipinski definition) is 1. The Morgan fingerprint density at radius 1 is 1.07 bits per heavy atom. The molecule has 1 atom stereocenters. The molecule has 1 aliphatic rings. The van der Waals surface area contributed by atoms with Gasteiger partial charge in [0.15, 0.2) is 5.75 Å². The third-order valence-corrected chi connectivity index (χ3v) is 5.75. The third-order valence-electron chi connectivity index (χ3n) is 5.75. The quantitative estimate of drug-likeness (QED) is 0.521. The van der Waals surface area contributed by atoms with Crippen molar-refractivity contribution in [1.29, 1.82) is 0 Å². The molecule has 0 aliphatic heterocycles. The van der Waals surface area contributed by atoms with Crippen molar-refractivity contribution >= 4 is 0 Å². The molecule has 2 N–H and O–H groups in total. The summed E-state index contributed by atoms with van der Waals surface area (Å²) in [4.78, 5) is 5.56. The zero-order valence-corrected chi connectivity index (χ0v) is 19.9. The summed E-state index contributed by atoms with van der Waals surface area (Å²) < 4.78 is 0. The van der Waals surface area contributed by atoms with Crippen LogP contribution in [-0.4, -0.2) is 0 Å². The molecule has 2 aromatic rings. The molecule has 0 amide bonds. The summed E-state index contributed by atoms with van der Waals surface area (Å²) in [6.45, 7) is 15.2. The highest BCUT2D eigenvalue weighted by atomic mass is 16.6. The molecular formula is C28H39NO. The number of benzene rings is 2. The Balaban J connectivity index is 0.00000155. The van der Waals surface area contributed by atoms with Crippen LogP contribution in [0.2, 0.25) is 0 Å². The van der Waals surface area contributed by atoms with Crippen molar-refractivity contribution in [2.24, 2.45) is 5.90 Å². The largest absolute Gasteiger partial charge is 0.411 e. The van der Waals surface area contributed by atoms with Gasteiger partial charge in [0.05, 0.1) is 0 Å². The van der Waals surface area contributed by atoms with Crippen molar-refractivity contribution in [1.82, 2.24) is 0 Å². The SMILES string of the molecule is CC.CCc1cc(C(C)(C)C)c(C)c(C(C2=CCCC=C2)c2ccccc2)c1ON. The van der Waals surface area contributed by atoms with Gasteiger partial charge in [-0.05, 0) is 59.4 Å². The predicted octanol–water partition coefficient (Wildman–Crippen LogP) is 7.54. The number of allylic oxidation sites excluding steroid dienone is 4. The molecule has 1 aliphatic carbocycles. The minimum absolute atomic E-state index is 0.0495. The van der Waals surface area contributed by atoms with Crippen LogP contribution in [-0.2, 0) is 11.8 Å². The molecule has 1 unspecified atom stereocenters. The van der Waals surface area contributed by atoms with Gasteiger partial charge in [0.25, 0.3) is 0 Å². The van der Waals surface area contributed by atoms with E-state index in [2.05, 4.69) is 89.2 Å². The van der Waals surface area contributed by atoms with Gasteiger partial charge in [-0.3, -0.25) is 0 Å². The highest BCUT2D eigenvalue weighted by Gasteiger charge is 2.30. The predicted molar refractivity (Wildman–Crippen MR) is 130 cm³/mol. The molecule has 0 saturated heterocycles. The van der Waals surface area contributed by atoms with Gasteiger partial charge < -0.3 is 4.84 Å². The first-order valence-corrected chi connectivity index (χ1v) is 11.3. The fourth-order valence-corrected chi connectivity index (χ4v) is 4.38. The monoisotopic (exact) mass is 405 g/mol. The molecule has 0 spiro atoms. The van der Waals surface area contributed by atoms with E-state index >= 15 is 0 Å². The van der Waals surface area contributed by atoms with Crippen molar-refractivity contribution in [2.75, 3.05) is 0 Å². The second-order valence-electron chi connectivity index (χ2n) is 8.70. The third kappa shape index (κ3) is 5.05. The van der Waals surface area contributed by atoms with Gasteiger partial charge >= 0.3 is 0 Å². The highest BCUT2D eigenvalue weighted by Crippen LogP contribution is 2.45. The van der Waals surface area contributed by atoms with Crippen molar-refractivity contribution < 1.29 is 4.84 Å². The zero-order valence-electron chi connectivity index (χ0n) is 19.9. The summed E-state index contributed by atoms with van der Waals surface area (Å²) in [7, 11) is 0. The molecule has 2 aromatic carbocycles. The van der Waals surface area contributed by atoms with Gasteiger partial charge in [0, 0.05) is 11.5 Å². The Labute approximate surface area is 183 Å². The van der Waals surface area contributed by atoms with Crippen LogP contribution in [0.3, 0.4) is 0 Å². The molecule has 0 bridgehead atoms. The van der Waals surface area contributed by atoms with Crippen molar-refractivity contribution in [3.05, 3.63) is 88.0 Å². The van der Waals surface area contributed by atoms with Crippen molar-refractivity contribution in [3.8, 4) is 5.75 Å². The van der Waals surface area contributed by atoms with E-state index in [1.54, 1.807) is 0 Å². The molecule has 0 heterocycles. The van der Waals surface area contributed by atoms with E-state index in [1.807, 2.05) is 13.8 Å². The molecule has 2 heteroatoms. The maximum Gasteiger partial charge on any atom is 0.154 e. The maximum absolute atomic E-state index is 5.86. The van der Waals surface area contributed by atoms with Gasteiger partial charge in [-0.1, -0.05) is 96.2 Å². The van der Waals surface area contributed by atoms with Crippen molar-refractivity contribution in [2.45, 2.75) is 79.1 Å². The summed E-state index contributed by atoms with van der Waals surface area (Å²) in [5.74, 6) is 6.81. The molecule has 0 aromatic heterocycles. The molecule has 2 nitrogen and oxygen atoms in total. The zero-order chi connectivity index (χ0) is 22.3. The van der Waals surface area contributed by atoms with Gasteiger partial charge in [-0.25, -0.2) is 0 Å². The van der Waals surface area contributed by atoms with Crippen LogP contribution in [0, 0.1) is 6.92 Å². The van der Waals surface area contributed by atoms with Crippen LogP contribution < -0.4 is 10.7 Å². The van der Waals surface area contributed by atoms with Crippen LogP contribution in [0.25, 0.3) is 0 Å².